The van der Waals surface area contributed by atoms with Crippen molar-refractivity contribution in [2.45, 2.75) is 19.0 Å². The summed E-state index contributed by atoms with van der Waals surface area (Å²) >= 11 is 1.99. The first-order valence-corrected chi connectivity index (χ1v) is 7.21. The van der Waals surface area contributed by atoms with E-state index in [1.807, 2.05) is 11.8 Å². The fourth-order valence-corrected chi connectivity index (χ4v) is 3.53. The molecular formula is C13H15FN2OS. The maximum absolute atomic E-state index is 13.1. The average Bonchev–Trinajstić information content (AvgIpc) is 2.95. The Morgan fingerprint density at radius 1 is 1.56 bits per heavy atom. The van der Waals surface area contributed by atoms with Crippen LogP contribution in [0.3, 0.4) is 0 Å². The van der Waals surface area contributed by atoms with E-state index in [1.165, 1.54) is 30.1 Å². The summed E-state index contributed by atoms with van der Waals surface area (Å²) in [6.45, 7) is 0.682. The number of halogens is 1. The Bertz CT molecular complexity index is 551. The summed E-state index contributed by atoms with van der Waals surface area (Å²) in [6.07, 6.45) is 1.22. The second-order valence-corrected chi connectivity index (χ2v) is 5.80. The summed E-state index contributed by atoms with van der Waals surface area (Å²) in [7, 11) is 2.09. The number of nitrogens with zero attached hydrogens (tertiary/aromatic N) is 2. The maximum Gasteiger partial charge on any atom is 0.209 e. The van der Waals surface area contributed by atoms with Crippen molar-refractivity contribution in [3.63, 3.8) is 0 Å². The third-order valence-corrected chi connectivity index (χ3v) is 4.45. The van der Waals surface area contributed by atoms with Crippen LogP contribution in [-0.2, 0) is 6.54 Å². The highest BCUT2D eigenvalue weighted by Crippen LogP contribution is 2.23. The summed E-state index contributed by atoms with van der Waals surface area (Å²) in [4.78, 5) is 6.59. The molecule has 3 rings (SSSR count). The molecule has 0 unspecified atom stereocenters. The van der Waals surface area contributed by atoms with E-state index in [0.29, 0.717) is 29.6 Å². The minimum atomic E-state index is -0.275. The van der Waals surface area contributed by atoms with Crippen molar-refractivity contribution in [3.05, 3.63) is 29.9 Å². The molecular weight excluding hydrogens is 251 g/mol. The Morgan fingerprint density at radius 3 is 3.22 bits per heavy atom. The van der Waals surface area contributed by atoms with Crippen LogP contribution < -0.4 is 0 Å². The first-order chi connectivity index (χ1) is 8.72. The standard InChI is InChI=1S/C13H15FN2OS/c1-16(10-4-5-18-8-10)7-13-15-11-6-9(14)2-3-12(11)17-13/h2-3,6,10H,4-5,7-8H2,1H3/t10-/m1/s1. The summed E-state index contributed by atoms with van der Waals surface area (Å²) in [5, 5.41) is 0. The third-order valence-electron chi connectivity index (χ3n) is 3.31. The lowest BCUT2D eigenvalue weighted by atomic mass is 10.2. The summed E-state index contributed by atoms with van der Waals surface area (Å²) in [6, 6.07) is 5.04. The molecule has 0 radical (unpaired) electrons. The minimum Gasteiger partial charge on any atom is -0.439 e. The van der Waals surface area contributed by atoms with Crippen LogP contribution in [0.5, 0.6) is 0 Å². The maximum atomic E-state index is 13.1. The number of rotatable bonds is 3. The fraction of sp³-hybridized carbons (Fsp3) is 0.462. The first-order valence-electron chi connectivity index (χ1n) is 6.05. The van der Waals surface area contributed by atoms with Gasteiger partial charge in [0.15, 0.2) is 5.58 Å². The van der Waals surface area contributed by atoms with Crippen LogP contribution >= 0.6 is 11.8 Å². The van der Waals surface area contributed by atoms with Crippen LogP contribution in [-0.4, -0.2) is 34.5 Å². The molecule has 0 amide bonds. The predicted octanol–water partition coefficient (Wildman–Crippen LogP) is 2.90. The molecule has 3 nitrogen and oxygen atoms in total. The number of oxazole rings is 1. The van der Waals surface area contributed by atoms with Crippen molar-refractivity contribution in [1.82, 2.24) is 9.88 Å². The molecule has 18 heavy (non-hydrogen) atoms. The zero-order chi connectivity index (χ0) is 12.5. The summed E-state index contributed by atoms with van der Waals surface area (Å²) in [5.41, 5.74) is 1.25. The fourth-order valence-electron chi connectivity index (χ4n) is 2.23. The van der Waals surface area contributed by atoms with E-state index in [9.17, 15) is 4.39 Å². The number of aromatic nitrogens is 1. The van der Waals surface area contributed by atoms with Crippen molar-refractivity contribution < 1.29 is 8.81 Å². The Hall–Kier alpha value is -1.07. The Balaban J connectivity index is 1.77. The Labute approximate surface area is 109 Å². The van der Waals surface area contributed by atoms with Crippen molar-refractivity contribution in [2.24, 2.45) is 0 Å². The van der Waals surface area contributed by atoms with Crippen molar-refractivity contribution in [1.29, 1.82) is 0 Å². The van der Waals surface area contributed by atoms with Gasteiger partial charge in [0.25, 0.3) is 0 Å². The van der Waals surface area contributed by atoms with Gasteiger partial charge in [-0.2, -0.15) is 11.8 Å². The lowest BCUT2D eigenvalue weighted by Crippen LogP contribution is -2.30. The van der Waals surface area contributed by atoms with E-state index in [-0.39, 0.29) is 5.82 Å². The molecule has 0 saturated carbocycles. The topological polar surface area (TPSA) is 29.3 Å². The zero-order valence-electron chi connectivity index (χ0n) is 10.2. The molecule has 1 fully saturated rings. The largest absolute Gasteiger partial charge is 0.439 e. The van der Waals surface area contributed by atoms with Crippen LogP contribution in [0.25, 0.3) is 11.1 Å². The average molecular weight is 266 g/mol. The van der Waals surface area contributed by atoms with Gasteiger partial charge in [0.05, 0.1) is 6.54 Å². The molecule has 1 aromatic carbocycles. The van der Waals surface area contributed by atoms with Gasteiger partial charge < -0.3 is 4.42 Å². The highest BCUT2D eigenvalue weighted by Gasteiger charge is 2.21. The van der Waals surface area contributed by atoms with Crippen molar-refractivity contribution in [3.8, 4) is 0 Å². The second-order valence-electron chi connectivity index (χ2n) is 4.65. The summed E-state index contributed by atoms with van der Waals surface area (Å²) in [5.74, 6) is 2.79. The van der Waals surface area contributed by atoms with Gasteiger partial charge in [-0.05, 0) is 31.4 Å². The van der Waals surface area contributed by atoms with Gasteiger partial charge >= 0.3 is 0 Å². The van der Waals surface area contributed by atoms with E-state index in [0.717, 1.165) is 0 Å². The van der Waals surface area contributed by atoms with Crippen molar-refractivity contribution in [2.75, 3.05) is 18.6 Å². The lowest BCUT2D eigenvalue weighted by Gasteiger charge is -2.21. The second kappa shape index (κ2) is 4.90. The van der Waals surface area contributed by atoms with E-state index in [2.05, 4.69) is 16.9 Å². The molecule has 0 bridgehead atoms. The van der Waals surface area contributed by atoms with E-state index in [1.54, 1.807) is 6.07 Å². The molecule has 2 heterocycles. The molecule has 1 aliphatic heterocycles. The van der Waals surface area contributed by atoms with Gasteiger partial charge in [-0.15, -0.1) is 0 Å². The van der Waals surface area contributed by atoms with Gasteiger partial charge in [0, 0.05) is 17.9 Å². The normalized spacial score (nSPS) is 20.1. The minimum absolute atomic E-state index is 0.275. The number of hydrogen-bond donors (Lipinski definition) is 0. The highest BCUT2D eigenvalue weighted by molar-refractivity contribution is 7.99. The lowest BCUT2D eigenvalue weighted by molar-refractivity contribution is 0.232. The predicted molar refractivity (Wildman–Crippen MR) is 71.2 cm³/mol. The monoisotopic (exact) mass is 266 g/mol. The van der Waals surface area contributed by atoms with Crippen LogP contribution in [0.2, 0.25) is 0 Å². The Kier molecular flexibility index (Phi) is 3.26. The third kappa shape index (κ3) is 2.37. The molecule has 1 aromatic heterocycles. The molecule has 0 N–H and O–H groups in total. The smallest absolute Gasteiger partial charge is 0.209 e. The van der Waals surface area contributed by atoms with Crippen LogP contribution in [0.4, 0.5) is 4.39 Å². The highest BCUT2D eigenvalue weighted by atomic mass is 32.2. The molecule has 1 atom stereocenters. The Morgan fingerprint density at radius 2 is 2.44 bits per heavy atom. The molecule has 0 aliphatic carbocycles. The van der Waals surface area contributed by atoms with Gasteiger partial charge in [-0.3, -0.25) is 4.90 Å². The van der Waals surface area contributed by atoms with Crippen LogP contribution in [0, 0.1) is 5.82 Å². The van der Waals surface area contributed by atoms with E-state index >= 15 is 0 Å². The van der Waals surface area contributed by atoms with E-state index < -0.39 is 0 Å². The molecule has 1 saturated heterocycles. The van der Waals surface area contributed by atoms with Crippen molar-refractivity contribution >= 4 is 22.9 Å². The van der Waals surface area contributed by atoms with Crippen LogP contribution in [0.1, 0.15) is 12.3 Å². The molecule has 96 valence electrons. The van der Waals surface area contributed by atoms with Gasteiger partial charge in [0.1, 0.15) is 11.3 Å². The SMILES string of the molecule is CN(Cc1nc2cc(F)ccc2o1)[C@@H]1CCSC1. The zero-order valence-corrected chi connectivity index (χ0v) is 11.0. The first kappa shape index (κ1) is 12.0. The number of fused-ring (bicyclic) bond motifs is 1. The molecule has 2 aromatic rings. The summed E-state index contributed by atoms with van der Waals surface area (Å²) < 4.78 is 18.7. The molecule has 5 heteroatoms. The van der Waals surface area contributed by atoms with Gasteiger partial charge in [-0.1, -0.05) is 0 Å². The van der Waals surface area contributed by atoms with Gasteiger partial charge in [0.2, 0.25) is 5.89 Å². The van der Waals surface area contributed by atoms with E-state index in [4.69, 9.17) is 4.42 Å². The molecule has 0 spiro atoms. The quantitative estimate of drug-likeness (QED) is 0.854. The van der Waals surface area contributed by atoms with Crippen LogP contribution in [0.15, 0.2) is 22.6 Å². The number of benzene rings is 1. The van der Waals surface area contributed by atoms with Gasteiger partial charge in [-0.25, -0.2) is 9.37 Å². The molecule has 1 aliphatic rings. The number of thioether (sulfide) groups is 1. The number of hydrogen-bond acceptors (Lipinski definition) is 4.